The van der Waals surface area contributed by atoms with E-state index in [9.17, 15) is 14.0 Å². The van der Waals surface area contributed by atoms with Crippen molar-refractivity contribution >= 4 is 12.0 Å². The van der Waals surface area contributed by atoms with Crippen LogP contribution in [-0.4, -0.2) is 76.6 Å². The highest BCUT2D eigenvalue weighted by molar-refractivity contribution is 5.91. The van der Waals surface area contributed by atoms with Crippen LogP contribution in [0.4, 0.5) is 9.18 Å². The minimum atomic E-state index is -0.994. The van der Waals surface area contributed by atoms with Gasteiger partial charge in [0.2, 0.25) is 5.91 Å². The Hall–Kier alpha value is -2.15. The molecule has 0 spiro atoms. The first kappa shape index (κ1) is 24.0. The average molecular weight is 460 g/mol. The highest BCUT2D eigenvalue weighted by Crippen LogP contribution is 2.37. The smallest absolute Gasteiger partial charge is 0.411 e. The van der Waals surface area contributed by atoms with Crippen LogP contribution in [-0.2, 0) is 16.0 Å². The molecule has 3 aliphatic rings. The summed E-state index contributed by atoms with van der Waals surface area (Å²) < 4.78 is 19.3. The Labute approximate surface area is 197 Å². The van der Waals surface area contributed by atoms with Gasteiger partial charge >= 0.3 is 6.09 Å². The van der Waals surface area contributed by atoms with Crippen molar-refractivity contribution in [2.24, 2.45) is 0 Å². The zero-order valence-electron chi connectivity index (χ0n) is 20.3. The number of rotatable bonds is 4. The van der Waals surface area contributed by atoms with Crippen molar-refractivity contribution in [1.82, 2.24) is 14.7 Å². The summed E-state index contributed by atoms with van der Waals surface area (Å²) in [6.07, 6.45) is 6.02. The molecule has 2 heterocycles. The Kier molecular flexibility index (Phi) is 6.99. The van der Waals surface area contributed by atoms with Crippen molar-refractivity contribution in [3.63, 3.8) is 0 Å². The summed E-state index contributed by atoms with van der Waals surface area (Å²) in [5.41, 5.74) is -0.784. The number of nitrogens with zero attached hydrogens (tertiary/aromatic N) is 3. The van der Waals surface area contributed by atoms with Crippen LogP contribution >= 0.6 is 0 Å². The molecule has 0 aromatic heterocycles. The summed E-state index contributed by atoms with van der Waals surface area (Å²) in [4.78, 5) is 33.5. The molecule has 3 fully saturated rings. The Morgan fingerprint density at radius 1 is 1.00 bits per heavy atom. The van der Waals surface area contributed by atoms with E-state index < -0.39 is 17.2 Å². The summed E-state index contributed by atoms with van der Waals surface area (Å²) in [5.74, 6) is -0.302. The minimum Gasteiger partial charge on any atom is -0.444 e. The van der Waals surface area contributed by atoms with Gasteiger partial charge in [0.25, 0.3) is 0 Å². The van der Waals surface area contributed by atoms with Gasteiger partial charge in [-0.1, -0.05) is 18.6 Å². The van der Waals surface area contributed by atoms with Gasteiger partial charge in [-0.2, -0.15) is 0 Å². The SMILES string of the molecule is CC(C)(C)OC(=O)N1CCC[C@]1(Cc1ccc(F)cc1)C(=O)N1CCCN(C2CCC2)CC1. The van der Waals surface area contributed by atoms with Gasteiger partial charge in [0, 0.05) is 45.2 Å². The molecule has 1 aromatic carbocycles. The lowest BCUT2D eigenvalue weighted by Crippen LogP contribution is -2.60. The summed E-state index contributed by atoms with van der Waals surface area (Å²) in [7, 11) is 0. The Morgan fingerprint density at radius 2 is 1.73 bits per heavy atom. The van der Waals surface area contributed by atoms with E-state index in [1.54, 1.807) is 17.0 Å². The van der Waals surface area contributed by atoms with E-state index in [2.05, 4.69) is 4.90 Å². The molecule has 2 aliphatic heterocycles. The van der Waals surface area contributed by atoms with Gasteiger partial charge in [-0.05, 0) is 70.6 Å². The third-order valence-corrected chi connectivity index (χ3v) is 7.32. The molecule has 1 aliphatic carbocycles. The molecule has 7 heteroatoms. The number of benzene rings is 1. The first-order valence-corrected chi connectivity index (χ1v) is 12.5. The molecule has 4 rings (SSSR count). The fourth-order valence-electron chi connectivity index (χ4n) is 5.44. The van der Waals surface area contributed by atoms with Crippen LogP contribution in [0, 0.1) is 5.82 Å². The second kappa shape index (κ2) is 9.61. The number of carbonyl (C=O) groups excluding carboxylic acids is 2. The summed E-state index contributed by atoms with van der Waals surface area (Å²) in [5, 5.41) is 0. The number of ether oxygens (including phenoxy) is 1. The van der Waals surface area contributed by atoms with Crippen LogP contribution in [0.5, 0.6) is 0 Å². The van der Waals surface area contributed by atoms with Gasteiger partial charge in [0.05, 0.1) is 0 Å². The molecule has 0 bridgehead atoms. The van der Waals surface area contributed by atoms with Gasteiger partial charge in [-0.25, -0.2) is 9.18 Å². The number of amides is 2. The molecule has 1 atom stereocenters. The Morgan fingerprint density at radius 3 is 2.36 bits per heavy atom. The third-order valence-electron chi connectivity index (χ3n) is 7.32. The van der Waals surface area contributed by atoms with E-state index in [0.717, 1.165) is 31.5 Å². The maximum Gasteiger partial charge on any atom is 0.411 e. The lowest BCUT2D eigenvalue weighted by atomic mass is 9.86. The Balaban J connectivity index is 1.59. The van der Waals surface area contributed by atoms with E-state index in [1.807, 2.05) is 25.7 Å². The third kappa shape index (κ3) is 5.34. The number of hydrogen-bond acceptors (Lipinski definition) is 4. The molecule has 1 aromatic rings. The maximum atomic E-state index is 14.2. The average Bonchev–Trinajstić information content (AvgIpc) is 2.99. The van der Waals surface area contributed by atoms with Crippen LogP contribution in [0.1, 0.15) is 64.9 Å². The number of hydrogen-bond donors (Lipinski definition) is 0. The first-order valence-electron chi connectivity index (χ1n) is 12.5. The summed E-state index contributed by atoms with van der Waals surface area (Å²) >= 11 is 0. The molecule has 0 N–H and O–H groups in total. The second-order valence-corrected chi connectivity index (χ2v) is 10.8. The largest absolute Gasteiger partial charge is 0.444 e. The number of halogens is 1. The molecule has 0 radical (unpaired) electrons. The molecule has 2 amide bonds. The van der Waals surface area contributed by atoms with Crippen molar-refractivity contribution in [1.29, 1.82) is 0 Å². The summed E-state index contributed by atoms with van der Waals surface area (Å²) in [6.45, 7) is 9.31. The standard InChI is InChI=1S/C26H38FN3O3/c1-25(2,3)33-24(32)30-16-5-13-26(30,19-20-9-11-21(27)12-10-20)23(31)29-15-6-14-28(17-18-29)22-7-4-8-22/h9-12,22H,4-8,13-19H2,1-3H3/t26-/m0/s1. The van der Waals surface area contributed by atoms with Crippen molar-refractivity contribution in [2.45, 2.75) is 82.9 Å². The maximum absolute atomic E-state index is 14.2. The minimum absolute atomic E-state index is 0.00523. The van der Waals surface area contributed by atoms with Gasteiger partial charge in [0.15, 0.2) is 0 Å². The van der Waals surface area contributed by atoms with Crippen LogP contribution in [0.3, 0.4) is 0 Å². The van der Waals surface area contributed by atoms with Crippen LogP contribution in [0.25, 0.3) is 0 Å². The van der Waals surface area contributed by atoms with E-state index in [-0.39, 0.29) is 11.7 Å². The van der Waals surface area contributed by atoms with Gasteiger partial charge in [-0.15, -0.1) is 0 Å². The monoisotopic (exact) mass is 459 g/mol. The van der Waals surface area contributed by atoms with E-state index >= 15 is 0 Å². The van der Waals surface area contributed by atoms with Crippen LogP contribution in [0.15, 0.2) is 24.3 Å². The van der Waals surface area contributed by atoms with Gasteiger partial charge in [-0.3, -0.25) is 14.6 Å². The predicted octanol–water partition coefficient (Wildman–Crippen LogP) is 4.22. The molecular formula is C26H38FN3O3. The highest BCUT2D eigenvalue weighted by atomic mass is 19.1. The molecule has 0 unspecified atom stereocenters. The molecule has 1 saturated carbocycles. The van der Waals surface area contributed by atoms with E-state index in [0.29, 0.717) is 38.5 Å². The number of carbonyl (C=O) groups is 2. The lowest BCUT2D eigenvalue weighted by Gasteiger charge is -2.41. The summed E-state index contributed by atoms with van der Waals surface area (Å²) in [6, 6.07) is 6.94. The lowest BCUT2D eigenvalue weighted by molar-refractivity contribution is -0.142. The quantitative estimate of drug-likeness (QED) is 0.676. The van der Waals surface area contributed by atoms with E-state index in [1.165, 1.54) is 31.4 Å². The fourth-order valence-corrected chi connectivity index (χ4v) is 5.44. The first-order chi connectivity index (χ1) is 15.7. The Bertz CT molecular complexity index is 849. The topological polar surface area (TPSA) is 53.1 Å². The molecule has 33 heavy (non-hydrogen) atoms. The molecule has 2 saturated heterocycles. The second-order valence-electron chi connectivity index (χ2n) is 10.8. The molecular weight excluding hydrogens is 421 g/mol. The van der Waals surface area contributed by atoms with Crippen LogP contribution < -0.4 is 0 Å². The van der Waals surface area contributed by atoms with Crippen molar-refractivity contribution in [3.8, 4) is 0 Å². The van der Waals surface area contributed by atoms with E-state index in [4.69, 9.17) is 4.74 Å². The molecule has 6 nitrogen and oxygen atoms in total. The normalized spacial score (nSPS) is 25.0. The van der Waals surface area contributed by atoms with Crippen molar-refractivity contribution in [2.75, 3.05) is 32.7 Å². The van der Waals surface area contributed by atoms with Gasteiger partial charge < -0.3 is 9.64 Å². The van der Waals surface area contributed by atoms with Crippen molar-refractivity contribution < 1.29 is 18.7 Å². The van der Waals surface area contributed by atoms with Crippen molar-refractivity contribution in [3.05, 3.63) is 35.6 Å². The zero-order chi connectivity index (χ0) is 23.6. The zero-order valence-corrected chi connectivity index (χ0v) is 20.3. The fraction of sp³-hybridized carbons (Fsp3) is 0.692. The number of likely N-dealkylation sites (tertiary alicyclic amines) is 1. The molecule has 182 valence electrons. The van der Waals surface area contributed by atoms with Gasteiger partial charge in [0.1, 0.15) is 17.0 Å². The van der Waals surface area contributed by atoms with Crippen LogP contribution in [0.2, 0.25) is 0 Å². The highest BCUT2D eigenvalue weighted by Gasteiger charge is 2.52. The predicted molar refractivity (Wildman–Crippen MR) is 125 cm³/mol.